The Kier molecular flexibility index (Phi) is 4.22. The van der Waals surface area contributed by atoms with Gasteiger partial charge < -0.3 is 10.1 Å². The zero-order valence-electron chi connectivity index (χ0n) is 9.58. The molecule has 0 radical (unpaired) electrons. The summed E-state index contributed by atoms with van der Waals surface area (Å²) in [4.78, 5) is 0. The van der Waals surface area contributed by atoms with E-state index in [-0.39, 0.29) is 0 Å². The smallest absolute Gasteiger partial charge is 0.0480 e. The molecule has 1 atom stereocenters. The van der Waals surface area contributed by atoms with Crippen molar-refractivity contribution in [2.75, 3.05) is 13.2 Å². The first-order valence-electron chi connectivity index (χ1n) is 5.85. The van der Waals surface area contributed by atoms with Crippen LogP contribution in [0, 0.1) is 0 Å². The Hall–Kier alpha value is -0.570. The fraction of sp³-hybridized carbons (Fsp3) is 0.538. The summed E-state index contributed by atoms with van der Waals surface area (Å²) in [6.07, 6.45) is 2.18. The van der Waals surface area contributed by atoms with Crippen LogP contribution in [0.15, 0.2) is 24.3 Å². The molecule has 2 rings (SSSR count). The van der Waals surface area contributed by atoms with Gasteiger partial charge in [-0.25, -0.2) is 0 Å². The van der Waals surface area contributed by atoms with Gasteiger partial charge in [-0.3, -0.25) is 0 Å². The van der Waals surface area contributed by atoms with E-state index in [1.54, 1.807) is 0 Å². The Labute approximate surface area is 102 Å². The van der Waals surface area contributed by atoms with Crippen molar-refractivity contribution in [3.05, 3.63) is 34.9 Å². The van der Waals surface area contributed by atoms with Gasteiger partial charge in [0.25, 0.3) is 0 Å². The highest BCUT2D eigenvalue weighted by Gasteiger charge is 2.17. The van der Waals surface area contributed by atoms with Gasteiger partial charge in [-0.15, -0.1) is 0 Å². The van der Waals surface area contributed by atoms with Crippen LogP contribution >= 0.6 is 11.6 Å². The third-order valence-electron chi connectivity index (χ3n) is 3.08. The van der Waals surface area contributed by atoms with Gasteiger partial charge in [-0.2, -0.15) is 0 Å². The lowest BCUT2D eigenvalue weighted by molar-refractivity contribution is 0.0754. The van der Waals surface area contributed by atoms with E-state index in [2.05, 4.69) is 18.3 Å². The van der Waals surface area contributed by atoms with Crippen LogP contribution in [0.5, 0.6) is 0 Å². The van der Waals surface area contributed by atoms with E-state index in [1.807, 2.05) is 18.2 Å². The standard InChI is InChI=1S/C13H18ClNO/c1-10(12-4-2-3-5-13(12)14)15-11-6-8-16-9-7-11/h2-5,10-11,15H,6-9H2,1H3/t10-/m1/s1. The Morgan fingerprint density at radius 3 is 2.69 bits per heavy atom. The Morgan fingerprint density at radius 1 is 1.31 bits per heavy atom. The quantitative estimate of drug-likeness (QED) is 0.875. The first-order chi connectivity index (χ1) is 7.77. The lowest BCUT2D eigenvalue weighted by atomic mass is 10.0. The minimum absolute atomic E-state index is 0.303. The van der Waals surface area contributed by atoms with Crippen LogP contribution in [-0.2, 0) is 4.74 Å². The van der Waals surface area contributed by atoms with E-state index in [0.29, 0.717) is 12.1 Å². The minimum atomic E-state index is 0.303. The summed E-state index contributed by atoms with van der Waals surface area (Å²) in [6.45, 7) is 3.90. The van der Waals surface area contributed by atoms with Gasteiger partial charge in [0.2, 0.25) is 0 Å². The summed E-state index contributed by atoms with van der Waals surface area (Å²) in [5.74, 6) is 0. The SMILES string of the molecule is C[C@@H](NC1CCOCC1)c1ccccc1Cl. The van der Waals surface area contributed by atoms with Gasteiger partial charge in [0.05, 0.1) is 0 Å². The molecule has 0 aromatic heterocycles. The van der Waals surface area contributed by atoms with Gasteiger partial charge >= 0.3 is 0 Å². The van der Waals surface area contributed by atoms with Crippen molar-refractivity contribution in [1.82, 2.24) is 5.32 Å². The van der Waals surface area contributed by atoms with Crippen LogP contribution < -0.4 is 5.32 Å². The average molecular weight is 240 g/mol. The van der Waals surface area contributed by atoms with E-state index in [0.717, 1.165) is 31.1 Å². The zero-order chi connectivity index (χ0) is 11.4. The zero-order valence-corrected chi connectivity index (χ0v) is 10.3. The highest BCUT2D eigenvalue weighted by atomic mass is 35.5. The number of ether oxygens (including phenoxy) is 1. The molecule has 3 heteroatoms. The van der Waals surface area contributed by atoms with Gasteiger partial charge in [-0.1, -0.05) is 29.8 Å². The first kappa shape index (κ1) is 11.9. The molecule has 0 spiro atoms. The van der Waals surface area contributed by atoms with E-state index in [1.165, 1.54) is 5.56 Å². The molecule has 1 heterocycles. The minimum Gasteiger partial charge on any atom is -0.381 e. The second-order valence-corrected chi connectivity index (χ2v) is 4.70. The number of halogens is 1. The second-order valence-electron chi connectivity index (χ2n) is 4.30. The van der Waals surface area contributed by atoms with E-state index >= 15 is 0 Å². The Morgan fingerprint density at radius 2 is 2.00 bits per heavy atom. The van der Waals surface area contributed by atoms with Crippen LogP contribution in [0.3, 0.4) is 0 Å². The summed E-state index contributed by atoms with van der Waals surface area (Å²) < 4.78 is 5.34. The molecule has 0 saturated carbocycles. The number of benzene rings is 1. The fourth-order valence-corrected chi connectivity index (χ4v) is 2.43. The van der Waals surface area contributed by atoms with Crippen LogP contribution in [-0.4, -0.2) is 19.3 Å². The number of hydrogen-bond acceptors (Lipinski definition) is 2. The molecule has 88 valence electrons. The summed E-state index contributed by atoms with van der Waals surface area (Å²) in [6, 6.07) is 8.88. The summed E-state index contributed by atoms with van der Waals surface area (Å²) in [5.41, 5.74) is 1.18. The van der Waals surface area contributed by atoms with Crippen molar-refractivity contribution in [2.45, 2.75) is 31.8 Å². The lowest BCUT2D eigenvalue weighted by Crippen LogP contribution is -2.36. The highest BCUT2D eigenvalue weighted by Crippen LogP contribution is 2.23. The molecule has 0 unspecified atom stereocenters. The topological polar surface area (TPSA) is 21.3 Å². The van der Waals surface area contributed by atoms with Crippen molar-refractivity contribution in [3.8, 4) is 0 Å². The number of rotatable bonds is 3. The van der Waals surface area contributed by atoms with E-state index < -0.39 is 0 Å². The number of hydrogen-bond donors (Lipinski definition) is 1. The van der Waals surface area contributed by atoms with E-state index in [4.69, 9.17) is 16.3 Å². The van der Waals surface area contributed by atoms with Crippen LogP contribution in [0.25, 0.3) is 0 Å². The normalized spacial score (nSPS) is 19.6. The summed E-state index contributed by atoms with van der Waals surface area (Å²) in [5, 5.41) is 4.45. The van der Waals surface area contributed by atoms with Crippen molar-refractivity contribution < 1.29 is 4.74 Å². The molecule has 1 aliphatic heterocycles. The molecule has 2 nitrogen and oxygen atoms in total. The molecule has 16 heavy (non-hydrogen) atoms. The van der Waals surface area contributed by atoms with Gasteiger partial charge in [0.1, 0.15) is 0 Å². The molecule has 1 saturated heterocycles. The van der Waals surface area contributed by atoms with Crippen molar-refractivity contribution >= 4 is 11.6 Å². The predicted molar refractivity (Wildman–Crippen MR) is 66.8 cm³/mol. The maximum atomic E-state index is 6.17. The van der Waals surface area contributed by atoms with Crippen LogP contribution in [0.4, 0.5) is 0 Å². The van der Waals surface area contributed by atoms with Gasteiger partial charge in [0, 0.05) is 30.3 Å². The third kappa shape index (κ3) is 2.97. The highest BCUT2D eigenvalue weighted by molar-refractivity contribution is 6.31. The lowest BCUT2D eigenvalue weighted by Gasteiger charge is -2.27. The molecule has 1 N–H and O–H groups in total. The van der Waals surface area contributed by atoms with Crippen molar-refractivity contribution in [3.63, 3.8) is 0 Å². The number of nitrogens with one attached hydrogen (secondary N) is 1. The van der Waals surface area contributed by atoms with Gasteiger partial charge in [-0.05, 0) is 31.4 Å². The maximum absolute atomic E-state index is 6.17. The molecule has 0 bridgehead atoms. The molecule has 1 aromatic carbocycles. The van der Waals surface area contributed by atoms with Crippen LogP contribution in [0.2, 0.25) is 5.02 Å². The third-order valence-corrected chi connectivity index (χ3v) is 3.42. The molecular formula is C13H18ClNO. The summed E-state index contributed by atoms with van der Waals surface area (Å²) >= 11 is 6.17. The Bertz CT molecular complexity index is 336. The van der Waals surface area contributed by atoms with Crippen molar-refractivity contribution in [2.24, 2.45) is 0 Å². The van der Waals surface area contributed by atoms with Crippen LogP contribution in [0.1, 0.15) is 31.4 Å². The molecule has 0 aliphatic carbocycles. The molecule has 1 aliphatic rings. The Balaban J connectivity index is 1.96. The van der Waals surface area contributed by atoms with Crippen molar-refractivity contribution in [1.29, 1.82) is 0 Å². The molecule has 0 amide bonds. The van der Waals surface area contributed by atoms with Gasteiger partial charge in [0.15, 0.2) is 0 Å². The summed E-state index contributed by atoms with van der Waals surface area (Å²) in [7, 11) is 0. The monoisotopic (exact) mass is 239 g/mol. The fourth-order valence-electron chi connectivity index (χ4n) is 2.13. The molecular weight excluding hydrogens is 222 g/mol. The maximum Gasteiger partial charge on any atom is 0.0480 e. The second kappa shape index (κ2) is 5.67. The first-order valence-corrected chi connectivity index (χ1v) is 6.23. The molecule has 1 fully saturated rings. The average Bonchev–Trinajstić information content (AvgIpc) is 2.31. The van der Waals surface area contributed by atoms with E-state index in [9.17, 15) is 0 Å². The predicted octanol–water partition coefficient (Wildman–Crippen LogP) is 3.17. The molecule has 1 aromatic rings. The largest absolute Gasteiger partial charge is 0.381 e.